The summed E-state index contributed by atoms with van der Waals surface area (Å²) in [5.41, 5.74) is -0.167. The third-order valence-corrected chi connectivity index (χ3v) is 5.07. The topological polar surface area (TPSA) is 111 Å². The van der Waals surface area contributed by atoms with Crippen molar-refractivity contribution in [2.75, 3.05) is 20.5 Å². The molecule has 9 nitrogen and oxygen atoms in total. The Labute approximate surface area is 155 Å². The molecule has 0 saturated carbocycles. The first-order chi connectivity index (χ1) is 12.2. The zero-order valence-corrected chi connectivity index (χ0v) is 15.8. The van der Waals surface area contributed by atoms with Crippen LogP contribution in [0.15, 0.2) is 11.0 Å². The lowest BCUT2D eigenvalue weighted by molar-refractivity contribution is -0.179. The van der Waals surface area contributed by atoms with Gasteiger partial charge in [0, 0.05) is 7.11 Å². The molecule has 1 N–H and O–H groups in total. The number of thioether (sulfide) groups is 1. The molecule has 0 aromatic rings. The quantitative estimate of drug-likeness (QED) is 0.282. The minimum atomic E-state index is -0.980. The lowest BCUT2D eigenvalue weighted by atomic mass is 9.98. The van der Waals surface area contributed by atoms with Gasteiger partial charge < -0.3 is 24.4 Å². The summed E-state index contributed by atoms with van der Waals surface area (Å²) in [4.78, 5) is 48.5. The maximum Gasteiger partial charge on any atom is 0.336 e. The Morgan fingerprint density at radius 1 is 1.35 bits per heavy atom. The Hall–Kier alpha value is -2.07. The number of ether oxygens (including phenoxy) is 3. The van der Waals surface area contributed by atoms with Crippen LogP contribution in [0.5, 0.6) is 0 Å². The highest BCUT2D eigenvalue weighted by Gasteiger charge is 2.55. The predicted molar refractivity (Wildman–Crippen MR) is 91.5 cm³/mol. The van der Waals surface area contributed by atoms with Gasteiger partial charge >= 0.3 is 11.9 Å². The van der Waals surface area contributed by atoms with Crippen molar-refractivity contribution in [1.29, 1.82) is 0 Å². The van der Waals surface area contributed by atoms with Crippen LogP contribution in [-0.4, -0.2) is 67.1 Å². The number of rotatable bonds is 7. The molecule has 0 aromatic carbocycles. The van der Waals surface area contributed by atoms with Crippen LogP contribution < -0.4 is 5.32 Å². The molecule has 3 atom stereocenters. The van der Waals surface area contributed by atoms with Crippen molar-refractivity contribution in [3.63, 3.8) is 0 Å². The van der Waals surface area contributed by atoms with Crippen LogP contribution >= 0.6 is 11.8 Å². The summed E-state index contributed by atoms with van der Waals surface area (Å²) in [7, 11) is 1.47. The van der Waals surface area contributed by atoms with E-state index in [4.69, 9.17) is 14.2 Å². The zero-order chi connectivity index (χ0) is 19.5. The molecule has 26 heavy (non-hydrogen) atoms. The van der Waals surface area contributed by atoms with Gasteiger partial charge in [0.15, 0.2) is 6.04 Å². The number of β-lactam (4-membered cyclic amide) rings is 1. The molecule has 2 aliphatic rings. The van der Waals surface area contributed by atoms with Crippen molar-refractivity contribution in [2.24, 2.45) is 5.41 Å². The van der Waals surface area contributed by atoms with Crippen LogP contribution in [0.2, 0.25) is 0 Å². The van der Waals surface area contributed by atoms with Crippen LogP contribution in [0.4, 0.5) is 0 Å². The van der Waals surface area contributed by atoms with E-state index in [2.05, 4.69) is 5.32 Å². The van der Waals surface area contributed by atoms with Gasteiger partial charge in [-0.3, -0.25) is 14.4 Å². The summed E-state index contributed by atoms with van der Waals surface area (Å²) in [6.45, 7) is 4.63. The normalized spacial score (nSPS) is 24.8. The Balaban J connectivity index is 2.05. The van der Waals surface area contributed by atoms with Gasteiger partial charge in [-0.05, 0) is 31.8 Å². The lowest BCUT2D eigenvalue weighted by Crippen LogP contribution is -2.73. The number of hydrogen-bond acceptors (Lipinski definition) is 8. The smallest absolute Gasteiger partial charge is 0.336 e. The maximum absolute atomic E-state index is 12.5. The molecule has 1 fully saturated rings. The highest BCUT2D eigenvalue weighted by atomic mass is 32.2. The lowest BCUT2D eigenvalue weighted by Gasteiger charge is -2.51. The molecule has 2 heterocycles. The maximum atomic E-state index is 12.5. The Morgan fingerprint density at radius 3 is 2.62 bits per heavy atom. The SMILES string of the molecule is COCC1=CS[C@@H]2[C@H](NC=O)C(=O)N2C1C(=O)OCOC(=O)C(C)(C)C. The number of hydrogen-bond donors (Lipinski definition) is 1. The van der Waals surface area contributed by atoms with Gasteiger partial charge in [0.05, 0.1) is 12.0 Å². The highest BCUT2D eigenvalue weighted by molar-refractivity contribution is 8.02. The molecule has 2 amide bonds. The number of carbonyl (C=O) groups excluding carboxylic acids is 4. The van der Waals surface area contributed by atoms with Crippen molar-refractivity contribution < 1.29 is 33.4 Å². The first-order valence-corrected chi connectivity index (χ1v) is 8.85. The van der Waals surface area contributed by atoms with Gasteiger partial charge in [-0.15, -0.1) is 11.8 Å². The van der Waals surface area contributed by atoms with Crippen molar-refractivity contribution in [3.8, 4) is 0 Å². The van der Waals surface area contributed by atoms with Crippen LogP contribution in [0, 0.1) is 5.41 Å². The first-order valence-electron chi connectivity index (χ1n) is 7.91. The average molecular weight is 386 g/mol. The van der Waals surface area contributed by atoms with Crippen molar-refractivity contribution in [2.45, 2.75) is 38.2 Å². The molecule has 2 aliphatic heterocycles. The van der Waals surface area contributed by atoms with Crippen LogP contribution in [0.3, 0.4) is 0 Å². The van der Waals surface area contributed by atoms with Crippen LogP contribution in [0.25, 0.3) is 0 Å². The van der Waals surface area contributed by atoms with E-state index in [1.807, 2.05) is 0 Å². The Bertz CT molecular complexity index is 629. The van der Waals surface area contributed by atoms with E-state index in [-0.39, 0.29) is 12.5 Å². The number of nitrogens with one attached hydrogen (secondary N) is 1. The van der Waals surface area contributed by atoms with Crippen molar-refractivity contribution in [1.82, 2.24) is 10.2 Å². The summed E-state index contributed by atoms with van der Waals surface area (Å²) >= 11 is 1.31. The first kappa shape index (κ1) is 20.2. The summed E-state index contributed by atoms with van der Waals surface area (Å²) in [6.07, 6.45) is 0.453. The van der Waals surface area contributed by atoms with Gasteiger partial charge in [-0.25, -0.2) is 4.79 Å². The van der Waals surface area contributed by atoms with Crippen molar-refractivity contribution >= 4 is 36.0 Å². The second-order valence-electron chi connectivity index (χ2n) is 6.83. The van der Waals surface area contributed by atoms with Gasteiger partial charge in [0.1, 0.15) is 11.4 Å². The molecule has 1 saturated heterocycles. The molecule has 0 spiro atoms. The summed E-state index contributed by atoms with van der Waals surface area (Å²) in [5, 5.41) is 3.76. The fourth-order valence-electron chi connectivity index (χ4n) is 2.51. The number of amides is 2. The van der Waals surface area contributed by atoms with E-state index in [1.54, 1.807) is 26.2 Å². The zero-order valence-electron chi connectivity index (χ0n) is 15.0. The minimum Gasteiger partial charge on any atom is -0.427 e. The molecule has 144 valence electrons. The molecule has 0 radical (unpaired) electrons. The molecule has 2 rings (SSSR count). The summed E-state index contributed by atoms with van der Waals surface area (Å²) in [6, 6.07) is -1.67. The number of nitrogens with zero attached hydrogens (tertiary/aromatic N) is 1. The third kappa shape index (κ3) is 4.01. The van der Waals surface area contributed by atoms with Gasteiger partial charge in [-0.1, -0.05) is 0 Å². The fraction of sp³-hybridized carbons (Fsp3) is 0.625. The fourth-order valence-corrected chi connectivity index (χ4v) is 3.73. The van der Waals surface area contributed by atoms with Gasteiger partial charge in [-0.2, -0.15) is 0 Å². The van der Waals surface area contributed by atoms with Gasteiger partial charge in [0.2, 0.25) is 19.1 Å². The predicted octanol–water partition coefficient (Wildman–Crippen LogP) is 0.00500. The van der Waals surface area contributed by atoms with E-state index in [1.165, 1.54) is 23.8 Å². The van der Waals surface area contributed by atoms with E-state index >= 15 is 0 Å². The molecular weight excluding hydrogens is 364 g/mol. The largest absolute Gasteiger partial charge is 0.427 e. The third-order valence-electron chi connectivity index (χ3n) is 3.85. The number of methoxy groups -OCH3 is 1. The van der Waals surface area contributed by atoms with Crippen LogP contribution in [-0.2, 0) is 33.4 Å². The van der Waals surface area contributed by atoms with Crippen LogP contribution in [0.1, 0.15) is 20.8 Å². The second-order valence-corrected chi connectivity index (χ2v) is 7.82. The highest BCUT2D eigenvalue weighted by Crippen LogP contribution is 2.40. The summed E-state index contributed by atoms with van der Waals surface area (Å²) < 4.78 is 15.1. The molecule has 10 heteroatoms. The van der Waals surface area contributed by atoms with E-state index in [9.17, 15) is 19.2 Å². The number of carbonyl (C=O) groups is 4. The van der Waals surface area contributed by atoms with Crippen molar-refractivity contribution in [3.05, 3.63) is 11.0 Å². The standard InChI is InChI=1S/C16H22N2O7S/c1-16(2,3)15(22)25-8-24-14(21)11-9(5-23-4)6-26-13-10(17-7-19)12(20)18(11)13/h6-7,10-11,13H,5,8H2,1-4H3,(H,17,19)/t10-,11?,13-/m1/s1. The molecular formula is C16H22N2O7S. The second kappa shape index (κ2) is 8.09. The summed E-state index contributed by atoms with van der Waals surface area (Å²) in [5.74, 6) is -1.62. The van der Waals surface area contributed by atoms with E-state index in [0.29, 0.717) is 12.0 Å². The number of esters is 2. The average Bonchev–Trinajstić information content (AvgIpc) is 2.58. The molecule has 0 aromatic heterocycles. The Morgan fingerprint density at radius 2 is 2.04 bits per heavy atom. The number of fused-ring (bicyclic) bond motifs is 1. The molecule has 1 unspecified atom stereocenters. The Kier molecular flexibility index (Phi) is 6.30. The minimum absolute atomic E-state index is 0.136. The van der Waals surface area contributed by atoms with Gasteiger partial charge in [0.25, 0.3) is 0 Å². The monoisotopic (exact) mass is 386 g/mol. The van der Waals surface area contributed by atoms with E-state index < -0.39 is 41.6 Å². The molecule has 0 bridgehead atoms. The molecule has 0 aliphatic carbocycles. The van der Waals surface area contributed by atoms with E-state index in [0.717, 1.165) is 0 Å².